The molecule has 0 spiro atoms. The molecular formula is C34H39Cl3N2O3. The van der Waals surface area contributed by atoms with Gasteiger partial charge in [0.2, 0.25) is 0 Å². The number of rotatable bonds is 13. The van der Waals surface area contributed by atoms with Gasteiger partial charge >= 0.3 is 0 Å². The molecule has 0 saturated heterocycles. The first-order valence-electron chi connectivity index (χ1n) is 15.4. The van der Waals surface area contributed by atoms with E-state index in [1.54, 1.807) is 16.8 Å². The maximum Gasteiger partial charge on any atom is 0.183 e. The SMILES string of the molecule is Cc1c(C(=O)CCCOCCOCCC2C3CC4CC(C3)CC2C4)nn(-c2ccc(Cl)cc2Cl)c1-c1ccc(Cl)cc1. The van der Waals surface area contributed by atoms with Gasteiger partial charge in [0, 0.05) is 40.8 Å². The monoisotopic (exact) mass is 628 g/mol. The van der Waals surface area contributed by atoms with E-state index in [0.29, 0.717) is 59.1 Å². The van der Waals surface area contributed by atoms with E-state index in [4.69, 9.17) is 49.4 Å². The van der Waals surface area contributed by atoms with E-state index in [-0.39, 0.29) is 5.78 Å². The summed E-state index contributed by atoms with van der Waals surface area (Å²) >= 11 is 18.8. The molecule has 5 nitrogen and oxygen atoms in total. The van der Waals surface area contributed by atoms with Crippen LogP contribution in [0.1, 0.15) is 67.4 Å². The molecule has 0 atom stereocenters. The topological polar surface area (TPSA) is 53.4 Å². The summed E-state index contributed by atoms with van der Waals surface area (Å²) < 4.78 is 13.5. The van der Waals surface area contributed by atoms with Crippen LogP contribution in [0.15, 0.2) is 42.5 Å². The van der Waals surface area contributed by atoms with Gasteiger partial charge in [-0.15, -0.1) is 0 Å². The van der Waals surface area contributed by atoms with Gasteiger partial charge < -0.3 is 9.47 Å². The van der Waals surface area contributed by atoms with Gasteiger partial charge in [0.05, 0.1) is 29.6 Å². The molecule has 4 fully saturated rings. The van der Waals surface area contributed by atoms with Crippen molar-refractivity contribution in [3.8, 4) is 16.9 Å². The second-order valence-electron chi connectivity index (χ2n) is 12.5. The van der Waals surface area contributed by atoms with Crippen LogP contribution in [-0.2, 0) is 9.47 Å². The van der Waals surface area contributed by atoms with Crippen molar-refractivity contribution in [2.75, 3.05) is 26.4 Å². The summed E-state index contributed by atoms with van der Waals surface area (Å²) in [6, 6.07) is 12.7. The predicted octanol–water partition coefficient (Wildman–Crippen LogP) is 9.27. The van der Waals surface area contributed by atoms with E-state index in [1.807, 2.05) is 37.3 Å². The smallest absolute Gasteiger partial charge is 0.183 e. The zero-order chi connectivity index (χ0) is 29.2. The number of aromatic nitrogens is 2. The average molecular weight is 630 g/mol. The van der Waals surface area contributed by atoms with Gasteiger partial charge in [-0.25, -0.2) is 4.68 Å². The van der Waals surface area contributed by atoms with Crippen LogP contribution in [0.3, 0.4) is 0 Å². The second-order valence-corrected chi connectivity index (χ2v) is 13.8. The Kier molecular flexibility index (Phi) is 9.62. The maximum absolute atomic E-state index is 13.3. The van der Waals surface area contributed by atoms with Gasteiger partial charge in [0.25, 0.3) is 0 Å². The summed E-state index contributed by atoms with van der Waals surface area (Å²) in [5, 5.41) is 6.35. The predicted molar refractivity (Wildman–Crippen MR) is 169 cm³/mol. The molecule has 1 aromatic heterocycles. The summed E-state index contributed by atoms with van der Waals surface area (Å²) in [4.78, 5) is 13.3. The molecule has 7 rings (SSSR count). The lowest BCUT2D eigenvalue weighted by Gasteiger charge is -2.54. The Balaban J connectivity index is 0.982. The van der Waals surface area contributed by atoms with Crippen molar-refractivity contribution in [1.82, 2.24) is 9.78 Å². The fourth-order valence-electron chi connectivity index (χ4n) is 8.04. The molecule has 4 aliphatic carbocycles. The van der Waals surface area contributed by atoms with E-state index in [1.165, 1.54) is 38.5 Å². The number of carbonyl (C=O) groups excluding carboxylic acids is 1. The molecular weight excluding hydrogens is 591 g/mol. The molecule has 2 aromatic carbocycles. The Morgan fingerprint density at radius 2 is 1.50 bits per heavy atom. The van der Waals surface area contributed by atoms with Crippen molar-refractivity contribution < 1.29 is 14.3 Å². The fraction of sp³-hybridized carbons (Fsp3) is 0.529. The summed E-state index contributed by atoms with van der Waals surface area (Å²) in [7, 11) is 0. The van der Waals surface area contributed by atoms with Crippen molar-refractivity contribution in [2.24, 2.45) is 29.6 Å². The van der Waals surface area contributed by atoms with E-state index >= 15 is 0 Å². The second kappa shape index (κ2) is 13.4. The highest BCUT2D eigenvalue weighted by Crippen LogP contribution is 2.57. The van der Waals surface area contributed by atoms with Gasteiger partial charge in [-0.2, -0.15) is 5.10 Å². The lowest BCUT2D eigenvalue weighted by atomic mass is 9.51. The van der Waals surface area contributed by atoms with Crippen LogP contribution in [0.4, 0.5) is 0 Å². The van der Waals surface area contributed by atoms with Gasteiger partial charge in [-0.05, 0) is 112 Å². The largest absolute Gasteiger partial charge is 0.379 e. The van der Waals surface area contributed by atoms with E-state index in [9.17, 15) is 4.79 Å². The summed E-state index contributed by atoms with van der Waals surface area (Å²) in [5.41, 5.74) is 3.56. The Bertz CT molecular complexity index is 1380. The molecule has 3 aromatic rings. The van der Waals surface area contributed by atoms with E-state index < -0.39 is 0 Å². The number of Topliss-reactive ketones (excluding diaryl/α,β-unsaturated/α-hetero) is 1. The highest BCUT2D eigenvalue weighted by molar-refractivity contribution is 6.35. The number of ketones is 1. The molecule has 0 amide bonds. The van der Waals surface area contributed by atoms with Crippen molar-refractivity contribution in [2.45, 2.75) is 58.3 Å². The molecule has 4 bridgehead atoms. The van der Waals surface area contributed by atoms with Gasteiger partial charge in [-0.1, -0.05) is 46.9 Å². The average Bonchev–Trinajstić information content (AvgIpc) is 3.30. The summed E-state index contributed by atoms with van der Waals surface area (Å²) in [5.74, 6) is 4.82. The normalized spacial score (nSPS) is 24.4. The molecule has 4 saturated carbocycles. The van der Waals surface area contributed by atoms with Crippen molar-refractivity contribution in [1.29, 1.82) is 0 Å². The Hall–Kier alpha value is -1.89. The van der Waals surface area contributed by atoms with Crippen LogP contribution in [0.2, 0.25) is 15.1 Å². The third-order valence-electron chi connectivity index (χ3n) is 9.72. The molecule has 4 aliphatic rings. The van der Waals surface area contributed by atoms with Gasteiger partial charge in [0.15, 0.2) is 5.78 Å². The lowest BCUT2D eigenvalue weighted by Crippen LogP contribution is -2.45. The maximum atomic E-state index is 13.3. The Labute approximate surface area is 263 Å². The first-order chi connectivity index (χ1) is 20.4. The van der Waals surface area contributed by atoms with Crippen LogP contribution >= 0.6 is 34.8 Å². The highest BCUT2D eigenvalue weighted by atomic mass is 35.5. The fourth-order valence-corrected chi connectivity index (χ4v) is 8.65. The van der Waals surface area contributed by atoms with E-state index in [2.05, 4.69) is 0 Å². The molecule has 0 radical (unpaired) electrons. The van der Waals surface area contributed by atoms with Crippen LogP contribution in [0, 0.1) is 36.5 Å². The minimum Gasteiger partial charge on any atom is -0.379 e. The number of benzene rings is 2. The van der Waals surface area contributed by atoms with Crippen LogP contribution in [0.5, 0.6) is 0 Å². The zero-order valence-electron chi connectivity index (χ0n) is 24.2. The summed E-state index contributed by atoms with van der Waals surface area (Å²) in [6.07, 6.45) is 9.55. The first kappa shape index (κ1) is 30.1. The third-order valence-corrected chi connectivity index (χ3v) is 10.5. The van der Waals surface area contributed by atoms with Crippen molar-refractivity contribution in [3.63, 3.8) is 0 Å². The quantitative estimate of drug-likeness (QED) is 0.140. The number of carbonyl (C=O) groups is 1. The Morgan fingerprint density at radius 1 is 0.857 bits per heavy atom. The minimum absolute atomic E-state index is 0.0259. The van der Waals surface area contributed by atoms with Gasteiger partial charge in [0.1, 0.15) is 5.69 Å². The van der Waals surface area contributed by atoms with Crippen LogP contribution in [-0.4, -0.2) is 42.0 Å². The molecule has 224 valence electrons. The lowest BCUT2D eigenvalue weighted by molar-refractivity contribution is -0.0517. The zero-order valence-corrected chi connectivity index (χ0v) is 26.4. The first-order valence-corrected chi connectivity index (χ1v) is 16.5. The van der Waals surface area contributed by atoms with Crippen molar-refractivity contribution in [3.05, 3.63) is 68.8 Å². The number of ether oxygens (including phenoxy) is 2. The van der Waals surface area contributed by atoms with Crippen molar-refractivity contribution >= 4 is 40.6 Å². The third kappa shape index (κ3) is 6.61. The number of halogens is 3. The minimum atomic E-state index is -0.0259. The molecule has 1 heterocycles. The number of hydrogen-bond donors (Lipinski definition) is 0. The van der Waals surface area contributed by atoms with E-state index in [0.717, 1.165) is 53.0 Å². The standard InChI is InChI=1S/C34H39Cl3N2O3/c1-21-33(38-39(31-9-8-28(36)20-30(31)37)34(21)24-4-6-27(35)7-5-24)32(40)3-2-11-41-13-14-42-12-10-29-25-16-22-15-23(18-25)19-26(29)17-22/h4-9,20,22-23,25-26,29H,2-3,10-19H2,1H3. The number of nitrogens with zero attached hydrogens (tertiary/aromatic N) is 2. The molecule has 8 heteroatoms. The van der Waals surface area contributed by atoms with Crippen LogP contribution in [0.25, 0.3) is 16.9 Å². The van der Waals surface area contributed by atoms with Crippen LogP contribution < -0.4 is 0 Å². The van der Waals surface area contributed by atoms with Gasteiger partial charge in [-0.3, -0.25) is 4.79 Å². The summed E-state index contributed by atoms with van der Waals surface area (Å²) in [6.45, 7) is 4.43. The molecule has 0 unspecified atom stereocenters. The number of hydrogen-bond acceptors (Lipinski definition) is 4. The molecule has 0 N–H and O–H groups in total. The Morgan fingerprint density at radius 3 is 2.17 bits per heavy atom. The highest BCUT2D eigenvalue weighted by Gasteiger charge is 2.47. The molecule has 0 aliphatic heterocycles. The molecule has 42 heavy (non-hydrogen) atoms.